The zero-order valence-corrected chi connectivity index (χ0v) is 14.1. The van der Waals surface area contributed by atoms with Gasteiger partial charge in [0.2, 0.25) is 15.9 Å². The molecule has 0 saturated heterocycles. The molecule has 126 valence electrons. The molecule has 1 aliphatic heterocycles. The van der Waals surface area contributed by atoms with Gasteiger partial charge in [0, 0.05) is 30.1 Å². The smallest absolute Gasteiger partial charge is 0.224 e. The van der Waals surface area contributed by atoms with E-state index in [0.717, 1.165) is 27.9 Å². The number of carbonyl (C=O) groups is 1. The standard InChI is InChI=1S/C17H19N3O3S/c1-11(24(18,22)23)6-12-7-15(10-19-9-12)13-2-4-16-14(8-13)3-5-17(21)20-16/h2,4,7-11H,3,5-6H2,1H3,(H,20,21)(H2,18,22,23). The Morgan fingerprint density at radius 3 is 2.75 bits per heavy atom. The van der Waals surface area contributed by atoms with E-state index in [1.807, 2.05) is 24.3 Å². The summed E-state index contributed by atoms with van der Waals surface area (Å²) in [6.07, 6.45) is 4.92. The van der Waals surface area contributed by atoms with E-state index in [1.165, 1.54) is 0 Å². The van der Waals surface area contributed by atoms with Crippen LogP contribution in [0.1, 0.15) is 24.5 Å². The molecule has 1 atom stereocenters. The number of nitrogens with two attached hydrogens (primary N) is 1. The highest BCUT2D eigenvalue weighted by atomic mass is 32.2. The molecule has 3 N–H and O–H groups in total. The predicted molar refractivity (Wildman–Crippen MR) is 92.9 cm³/mol. The molecule has 2 heterocycles. The van der Waals surface area contributed by atoms with E-state index in [0.29, 0.717) is 19.3 Å². The molecule has 0 aliphatic carbocycles. The summed E-state index contributed by atoms with van der Waals surface area (Å²) in [6.45, 7) is 1.59. The van der Waals surface area contributed by atoms with E-state index < -0.39 is 15.3 Å². The zero-order valence-electron chi connectivity index (χ0n) is 13.3. The monoisotopic (exact) mass is 345 g/mol. The molecule has 1 amide bonds. The van der Waals surface area contributed by atoms with Crippen LogP contribution in [0.5, 0.6) is 0 Å². The topological polar surface area (TPSA) is 102 Å². The van der Waals surface area contributed by atoms with Crippen molar-refractivity contribution in [1.29, 1.82) is 0 Å². The molecule has 1 aliphatic rings. The van der Waals surface area contributed by atoms with Crippen molar-refractivity contribution in [2.24, 2.45) is 5.14 Å². The largest absolute Gasteiger partial charge is 0.326 e. The first-order valence-electron chi connectivity index (χ1n) is 7.71. The second-order valence-corrected chi connectivity index (χ2v) is 8.09. The van der Waals surface area contributed by atoms with Crippen LogP contribution in [0.25, 0.3) is 11.1 Å². The molecule has 1 aromatic carbocycles. The van der Waals surface area contributed by atoms with Crippen molar-refractivity contribution in [3.05, 3.63) is 47.8 Å². The summed E-state index contributed by atoms with van der Waals surface area (Å²) in [7, 11) is -3.56. The number of hydrogen-bond donors (Lipinski definition) is 2. The first kappa shape index (κ1) is 16.6. The molecule has 24 heavy (non-hydrogen) atoms. The van der Waals surface area contributed by atoms with Crippen LogP contribution in [0.2, 0.25) is 0 Å². The van der Waals surface area contributed by atoms with Crippen molar-refractivity contribution in [3.8, 4) is 11.1 Å². The highest BCUT2D eigenvalue weighted by molar-refractivity contribution is 7.89. The van der Waals surface area contributed by atoms with Crippen molar-refractivity contribution >= 4 is 21.6 Å². The second kappa shape index (κ2) is 6.33. The highest BCUT2D eigenvalue weighted by Crippen LogP contribution is 2.29. The van der Waals surface area contributed by atoms with Crippen molar-refractivity contribution in [1.82, 2.24) is 4.98 Å². The fraction of sp³-hybridized carbons (Fsp3) is 0.294. The average molecular weight is 345 g/mol. The number of anilines is 1. The number of aromatic nitrogens is 1. The number of rotatable bonds is 4. The summed E-state index contributed by atoms with van der Waals surface area (Å²) < 4.78 is 22.8. The Bertz CT molecular complexity index is 894. The summed E-state index contributed by atoms with van der Waals surface area (Å²) >= 11 is 0. The number of nitrogens with zero attached hydrogens (tertiary/aromatic N) is 1. The minimum atomic E-state index is -3.56. The lowest BCUT2D eigenvalue weighted by Crippen LogP contribution is -2.27. The van der Waals surface area contributed by atoms with E-state index in [1.54, 1.807) is 19.3 Å². The number of amides is 1. The molecule has 7 heteroatoms. The molecular formula is C17H19N3O3S. The average Bonchev–Trinajstić information content (AvgIpc) is 2.53. The number of benzene rings is 1. The van der Waals surface area contributed by atoms with Gasteiger partial charge in [-0.05, 0) is 54.7 Å². The normalized spacial score (nSPS) is 15.5. The molecule has 0 radical (unpaired) electrons. The number of pyridine rings is 1. The van der Waals surface area contributed by atoms with E-state index >= 15 is 0 Å². The van der Waals surface area contributed by atoms with Gasteiger partial charge in [0.25, 0.3) is 0 Å². The van der Waals surface area contributed by atoms with Gasteiger partial charge in [0.15, 0.2) is 0 Å². The summed E-state index contributed by atoms with van der Waals surface area (Å²) in [5.74, 6) is 0.0379. The number of nitrogens with one attached hydrogen (secondary N) is 1. The number of carbonyl (C=O) groups excluding carboxylic acids is 1. The third-order valence-electron chi connectivity index (χ3n) is 4.21. The Morgan fingerprint density at radius 1 is 1.21 bits per heavy atom. The van der Waals surface area contributed by atoms with Crippen LogP contribution >= 0.6 is 0 Å². The van der Waals surface area contributed by atoms with Crippen molar-refractivity contribution in [2.75, 3.05) is 5.32 Å². The quantitative estimate of drug-likeness (QED) is 0.883. The summed E-state index contributed by atoms with van der Waals surface area (Å²) in [6, 6.07) is 7.78. The van der Waals surface area contributed by atoms with Crippen LogP contribution in [-0.4, -0.2) is 24.6 Å². The maximum Gasteiger partial charge on any atom is 0.224 e. The lowest BCUT2D eigenvalue weighted by molar-refractivity contribution is -0.116. The number of fused-ring (bicyclic) bond motifs is 1. The van der Waals surface area contributed by atoms with Gasteiger partial charge in [0.1, 0.15) is 0 Å². The Labute approximate surface area is 141 Å². The Hall–Kier alpha value is -2.25. The van der Waals surface area contributed by atoms with Crippen LogP contribution in [0.15, 0.2) is 36.7 Å². The lowest BCUT2D eigenvalue weighted by Gasteiger charge is -2.17. The fourth-order valence-corrected chi connectivity index (χ4v) is 3.19. The molecule has 0 saturated carbocycles. The van der Waals surface area contributed by atoms with Gasteiger partial charge >= 0.3 is 0 Å². The van der Waals surface area contributed by atoms with Gasteiger partial charge in [-0.1, -0.05) is 6.07 Å². The molecule has 1 unspecified atom stereocenters. The van der Waals surface area contributed by atoms with Crippen LogP contribution < -0.4 is 10.5 Å². The minimum Gasteiger partial charge on any atom is -0.326 e. The third-order valence-corrected chi connectivity index (χ3v) is 5.50. The number of hydrogen-bond acceptors (Lipinski definition) is 4. The summed E-state index contributed by atoms with van der Waals surface area (Å²) in [4.78, 5) is 15.6. The predicted octanol–water partition coefficient (Wildman–Crippen LogP) is 1.85. The fourth-order valence-electron chi connectivity index (χ4n) is 2.77. The van der Waals surface area contributed by atoms with Gasteiger partial charge in [-0.25, -0.2) is 13.6 Å². The summed E-state index contributed by atoms with van der Waals surface area (Å²) in [5, 5.41) is 7.38. The maximum atomic E-state index is 11.4. The first-order valence-corrected chi connectivity index (χ1v) is 9.32. The van der Waals surface area contributed by atoms with Crippen LogP contribution in [0.3, 0.4) is 0 Å². The van der Waals surface area contributed by atoms with Crippen molar-refractivity contribution in [2.45, 2.75) is 31.4 Å². The van der Waals surface area contributed by atoms with Gasteiger partial charge < -0.3 is 5.32 Å². The highest BCUT2D eigenvalue weighted by Gasteiger charge is 2.17. The maximum absolute atomic E-state index is 11.4. The first-order chi connectivity index (χ1) is 11.3. The second-order valence-electron chi connectivity index (χ2n) is 6.11. The van der Waals surface area contributed by atoms with E-state index in [9.17, 15) is 13.2 Å². The number of primary sulfonamides is 1. The molecule has 0 spiro atoms. The van der Waals surface area contributed by atoms with E-state index in [4.69, 9.17) is 5.14 Å². The van der Waals surface area contributed by atoms with Crippen LogP contribution in [0, 0.1) is 0 Å². The molecule has 0 bridgehead atoms. The molecular weight excluding hydrogens is 326 g/mol. The Morgan fingerprint density at radius 2 is 2.00 bits per heavy atom. The third kappa shape index (κ3) is 3.63. The molecule has 1 aromatic heterocycles. The zero-order chi connectivity index (χ0) is 17.3. The van der Waals surface area contributed by atoms with Crippen LogP contribution in [-0.2, 0) is 27.7 Å². The SMILES string of the molecule is CC(Cc1cncc(-c2ccc3c(c2)CCC(=O)N3)c1)S(N)(=O)=O. The number of aryl methyl sites for hydroxylation is 1. The number of sulfonamides is 1. The van der Waals surface area contributed by atoms with E-state index in [2.05, 4.69) is 10.3 Å². The van der Waals surface area contributed by atoms with E-state index in [-0.39, 0.29) is 5.91 Å². The lowest BCUT2D eigenvalue weighted by atomic mass is 9.97. The van der Waals surface area contributed by atoms with Gasteiger partial charge in [-0.15, -0.1) is 0 Å². The summed E-state index contributed by atoms with van der Waals surface area (Å²) in [5.41, 5.74) is 4.66. The van der Waals surface area contributed by atoms with Gasteiger partial charge in [0.05, 0.1) is 5.25 Å². The molecule has 3 rings (SSSR count). The van der Waals surface area contributed by atoms with Crippen molar-refractivity contribution in [3.63, 3.8) is 0 Å². The Kier molecular flexibility index (Phi) is 4.38. The minimum absolute atomic E-state index is 0.0379. The Balaban J connectivity index is 1.88. The van der Waals surface area contributed by atoms with Gasteiger partial charge in [-0.2, -0.15) is 0 Å². The molecule has 6 nitrogen and oxygen atoms in total. The van der Waals surface area contributed by atoms with Gasteiger partial charge in [-0.3, -0.25) is 9.78 Å². The van der Waals surface area contributed by atoms with Crippen LogP contribution in [0.4, 0.5) is 5.69 Å². The molecule has 0 fully saturated rings. The molecule has 2 aromatic rings. The van der Waals surface area contributed by atoms with Crippen molar-refractivity contribution < 1.29 is 13.2 Å².